The van der Waals surface area contributed by atoms with Gasteiger partial charge >= 0.3 is 5.97 Å². The largest absolute Gasteiger partial charge is 0.466 e. The monoisotopic (exact) mass is 553 g/mol. The smallest absolute Gasteiger partial charge is 0.309 e. The summed E-state index contributed by atoms with van der Waals surface area (Å²) < 4.78 is 7.13. The summed E-state index contributed by atoms with van der Waals surface area (Å²) in [5.74, 6) is 0.903. The number of aromatic nitrogens is 2. The first-order valence-corrected chi connectivity index (χ1v) is 11.4. The molecule has 2 heterocycles. The zero-order valence-corrected chi connectivity index (χ0v) is 21.7. The zero-order chi connectivity index (χ0) is 22.1. The van der Waals surface area contributed by atoms with Crippen LogP contribution in [-0.2, 0) is 16.0 Å². The molecule has 0 saturated carbocycles. The predicted octanol–water partition coefficient (Wildman–Crippen LogP) is 3.97. The molecular formula is C24H36IN5O2. The number of aryl methyl sites for hydroxylation is 2. The summed E-state index contributed by atoms with van der Waals surface area (Å²) in [5.41, 5.74) is 3.41. The van der Waals surface area contributed by atoms with Gasteiger partial charge < -0.3 is 15.0 Å². The molecule has 0 atom stereocenters. The number of aliphatic imine (C=N–C) groups is 1. The molecule has 8 heteroatoms. The van der Waals surface area contributed by atoms with Crippen LogP contribution < -0.4 is 5.32 Å². The molecule has 0 amide bonds. The van der Waals surface area contributed by atoms with E-state index in [0.717, 1.165) is 69.2 Å². The number of rotatable bonds is 8. The molecule has 1 saturated heterocycles. The number of carbonyl (C=O) groups is 1. The Balaban J connectivity index is 0.00000363. The van der Waals surface area contributed by atoms with Crippen LogP contribution in [0.4, 0.5) is 0 Å². The van der Waals surface area contributed by atoms with E-state index in [0.29, 0.717) is 6.61 Å². The summed E-state index contributed by atoms with van der Waals surface area (Å²) in [7, 11) is 0. The molecule has 0 spiro atoms. The Morgan fingerprint density at radius 3 is 2.59 bits per heavy atom. The van der Waals surface area contributed by atoms with Crippen molar-refractivity contribution in [3.05, 3.63) is 47.8 Å². The molecule has 1 fully saturated rings. The summed E-state index contributed by atoms with van der Waals surface area (Å²) >= 11 is 0. The van der Waals surface area contributed by atoms with E-state index < -0.39 is 0 Å². The van der Waals surface area contributed by atoms with E-state index in [4.69, 9.17) is 9.73 Å². The quantitative estimate of drug-likeness (QED) is 0.176. The van der Waals surface area contributed by atoms with Crippen molar-refractivity contribution in [2.24, 2.45) is 10.9 Å². The molecule has 1 aromatic carbocycles. The molecule has 3 rings (SSSR count). The number of likely N-dealkylation sites (tertiary alicyclic amines) is 1. The Kier molecular flexibility index (Phi) is 11.0. The molecule has 1 aliphatic rings. The van der Waals surface area contributed by atoms with E-state index >= 15 is 0 Å². The van der Waals surface area contributed by atoms with E-state index in [1.807, 2.05) is 29.8 Å². The molecule has 176 valence electrons. The van der Waals surface area contributed by atoms with Gasteiger partial charge in [-0.25, -0.2) is 4.68 Å². The van der Waals surface area contributed by atoms with Crippen molar-refractivity contribution in [1.82, 2.24) is 20.0 Å². The van der Waals surface area contributed by atoms with Crippen molar-refractivity contribution in [3.63, 3.8) is 0 Å². The lowest BCUT2D eigenvalue weighted by Crippen LogP contribution is -2.46. The van der Waals surface area contributed by atoms with Gasteiger partial charge in [0.05, 0.1) is 23.9 Å². The predicted molar refractivity (Wildman–Crippen MR) is 139 cm³/mol. The van der Waals surface area contributed by atoms with E-state index in [2.05, 4.69) is 47.5 Å². The molecule has 1 aromatic heterocycles. The van der Waals surface area contributed by atoms with E-state index in [1.165, 1.54) is 5.56 Å². The van der Waals surface area contributed by atoms with Gasteiger partial charge in [-0.1, -0.05) is 18.2 Å². The van der Waals surface area contributed by atoms with E-state index in [1.54, 1.807) is 0 Å². The van der Waals surface area contributed by atoms with Crippen LogP contribution in [0.5, 0.6) is 0 Å². The second-order valence-electron chi connectivity index (χ2n) is 7.87. The number of carbonyl (C=O) groups excluding carboxylic acids is 1. The lowest BCUT2D eigenvalue weighted by Gasteiger charge is -2.33. The fourth-order valence-corrected chi connectivity index (χ4v) is 3.92. The highest BCUT2D eigenvalue weighted by molar-refractivity contribution is 14.0. The summed E-state index contributed by atoms with van der Waals surface area (Å²) in [6.45, 7) is 9.72. The average Bonchev–Trinajstić information content (AvgIpc) is 3.17. The Hall–Kier alpha value is -2.10. The summed E-state index contributed by atoms with van der Waals surface area (Å²) in [6.07, 6.45) is 5.68. The summed E-state index contributed by atoms with van der Waals surface area (Å²) in [5, 5.41) is 8.06. The number of para-hydroxylation sites is 1. The second kappa shape index (κ2) is 13.4. The Morgan fingerprint density at radius 1 is 1.22 bits per heavy atom. The molecule has 32 heavy (non-hydrogen) atoms. The van der Waals surface area contributed by atoms with Crippen LogP contribution in [0.25, 0.3) is 5.69 Å². The molecule has 0 unspecified atom stereocenters. The summed E-state index contributed by atoms with van der Waals surface area (Å²) in [6, 6.07) is 10.2. The minimum absolute atomic E-state index is 0. The maximum absolute atomic E-state index is 12.0. The van der Waals surface area contributed by atoms with Gasteiger partial charge in [-0.3, -0.25) is 9.79 Å². The van der Waals surface area contributed by atoms with Gasteiger partial charge in [0.2, 0.25) is 0 Å². The zero-order valence-electron chi connectivity index (χ0n) is 19.4. The third-order valence-corrected chi connectivity index (χ3v) is 5.64. The maximum atomic E-state index is 12.0. The fraction of sp³-hybridized carbons (Fsp3) is 0.542. The van der Waals surface area contributed by atoms with Crippen LogP contribution in [0.1, 0.15) is 44.4 Å². The third kappa shape index (κ3) is 7.21. The van der Waals surface area contributed by atoms with Crippen molar-refractivity contribution >= 4 is 35.9 Å². The van der Waals surface area contributed by atoms with Crippen LogP contribution >= 0.6 is 24.0 Å². The highest BCUT2D eigenvalue weighted by Gasteiger charge is 2.27. The molecule has 0 aliphatic carbocycles. The number of guanidine groups is 1. The first kappa shape index (κ1) is 26.2. The minimum atomic E-state index is -0.0597. The lowest BCUT2D eigenvalue weighted by molar-refractivity contribution is -0.149. The third-order valence-electron chi connectivity index (χ3n) is 5.64. The SMILES string of the molecule is CCNC(=NCCCc1cn(-c2ccccc2)nc1C)N1CCC(C(=O)OCC)CC1.I. The average molecular weight is 553 g/mol. The van der Waals surface area contributed by atoms with Crippen molar-refractivity contribution in [1.29, 1.82) is 0 Å². The van der Waals surface area contributed by atoms with Gasteiger partial charge in [0.25, 0.3) is 0 Å². The number of nitrogens with one attached hydrogen (secondary N) is 1. The standard InChI is InChI=1S/C24H35N5O2.HI/c1-4-25-24(28-16-13-20(14-17-28)23(30)31-5-2)26-15-9-10-21-18-29(27-19(21)3)22-11-7-6-8-12-22;/h6-8,11-12,18,20H,4-5,9-10,13-17H2,1-3H3,(H,25,26);1H. The Bertz CT molecular complexity index is 861. The fourth-order valence-electron chi connectivity index (χ4n) is 3.92. The van der Waals surface area contributed by atoms with Crippen LogP contribution in [0, 0.1) is 12.8 Å². The molecule has 0 bridgehead atoms. The van der Waals surface area contributed by atoms with Gasteiger partial charge in [-0.15, -0.1) is 24.0 Å². The number of esters is 1. The number of hydrogen-bond donors (Lipinski definition) is 1. The second-order valence-corrected chi connectivity index (χ2v) is 7.87. The van der Waals surface area contributed by atoms with E-state index in [9.17, 15) is 4.79 Å². The Labute approximate surface area is 208 Å². The van der Waals surface area contributed by atoms with Crippen molar-refractivity contribution in [2.75, 3.05) is 32.8 Å². The van der Waals surface area contributed by atoms with Gasteiger partial charge in [-0.2, -0.15) is 5.10 Å². The molecule has 1 aliphatic heterocycles. The number of ether oxygens (including phenoxy) is 1. The molecular weight excluding hydrogens is 517 g/mol. The van der Waals surface area contributed by atoms with Crippen LogP contribution in [0.15, 0.2) is 41.5 Å². The maximum Gasteiger partial charge on any atom is 0.309 e. The first-order valence-electron chi connectivity index (χ1n) is 11.4. The summed E-state index contributed by atoms with van der Waals surface area (Å²) in [4.78, 5) is 19.1. The normalized spacial score (nSPS) is 14.7. The van der Waals surface area contributed by atoms with Gasteiger partial charge in [0, 0.05) is 32.4 Å². The van der Waals surface area contributed by atoms with Crippen LogP contribution in [0.2, 0.25) is 0 Å². The van der Waals surface area contributed by atoms with Crippen molar-refractivity contribution in [2.45, 2.75) is 46.5 Å². The number of halogens is 1. The van der Waals surface area contributed by atoms with Gasteiger partial charge in [0.1, 0.15) is 0 Å². The lowest BCUT2D eigenvalue weighted by atomic mass is 9.97. The molecule has 1 N–H and O–H groups in total. The highest BCUT2D eigenvalue weighted by atomic mass is 127. The van der Waals surface area contributed by atoms with Gasteiger partial charge in [0.15, 0.2) is 5.96 Å². The topological polar surface area (TPSA) is 71.8 Å². The number of benzene rings is 1. The number of nitrogens with zero attached hydrogens (tertiary/aromatic N) is 4. The first-order chi connectivity index (χ1) is 15.1. The molecule has 0 radical (unpaired) electrons. The van der Waals surface area contributed by atoms with Crippen molar-refractivity contribution in [3.8, 4) is 5.69 Å². The van der Waals surface area contributed by atoms with Crippen molar-refractivity contribution < 1.29 is 9.53 Å². The number of piperidine rings is 1. The highest BCUT2D eigenvalue weighted by Crippen LogP contribution is 2.19. The van der Waals surface area contributed by atoms with Crippen LogP contribution in [0.3, 0.4) is 0 Å². The Morgan fingerprint density at radius 2 is 1.94 bits per heavy atom. The van der Waals surface area contributed by atoms with E-state index in [-0.39, 0.29) is 35.9 Å². The number of hydrogen-bond acceptors (Lipinski definition) is 4. The molecule has 2 aromatic rings. The van der Waals surface area contributed by atoms with Gasteiger partial charge in [-0.05, 0) is 64.2 Å². The molecule has 7 nitrogen and oxygen atoms in total. The van der Waals surface area contributed by atoms with Crippen LogP contribution in [-0.4, -0.2) is 59.4 Å². The minimum Gasteiger partial charge on any atom is -0.466 e.